The van der Waals surface area contributed by atoms with Gasteiger partial charge in [-0.3, -0.25) is 9.78 Å². The summed E-state index contributed by atoms with van der Waals surface area (Å²) in [7, 11) is 0. The summed E-state index contributed by atoms with van der Waals surface area (Å²) in [5.74, 6) is 0.648. The van der Waals surface area contributed by atoms with Crippen molar-refractivity contribution >= 4 is 28.9 Å². The third kappa shape index (κ3) is 5.72. The molecule has 0 aliphatic rings. The van der Waals surface area contributed by atoms with Crippen LogP contribution in [0, 0.1) is 0 Å². The van der Waals surface area contributed by atoms with Crippen LogP contribution in [0.15, 0.2) is 67.0 Å². The number of nitrogens with zero attached hydrogens (tertiary/aromatic N) is 1. The van der Waals surface area contributed by atoms with Gasteiger partial charge in [0.05, 0.1) is 17.4 Å². The maximum Gasteiger partial charge on any atom is 0.252 e. The summed E-state index contributed by atoms with van der Waals surface area (Å²) in [4.78, 5) is 16.2. The minimum absolute atomic E-state index is 0.121. The molecule has 3 aromatic rings. The van der Waals surface area contributed by atoms with E-state index in [2.05, 4.69) is 15.6 Å². The molecule has 3 rings (SSSR count). The Hall–Kier alpha value is -3.05. The van der Waals surface area contributed by atoms with E-state index >= 15 is 0 Å². The fraction of sp³-hybridized carbons (Fsp3) is 0.182. The van der Waals surface area contributed by atoms with Crippen molar-refractivity contribution in [1.29, 1.82) is 0 Å². The number of hydrogen-bond donors (Lipinski definition) is 2. The van der Waals surface area contributed by atoms with Gasteiger partial charge in [0, 0.05) is 23.5 Å². The Morgan fingerprint density at radius 3 is 2.50 bits per heavy atom. The summed E-state index contributed by atoms with van der Waals surface area (Å²) in [5, 5.41) is 6.81. The predicted octanol–water partition coefficient (Wildman–Crippen LogP) is 5.20. The summed E-state index contributed by atoms with van der Waals surface area (Å²) in [5.41, 5.74) is 3.21. The molecule has 0 fully saturated rings. The molecule has 1 aromatic heterocycles. The highest BCUT2D eigenvalue weighted by Gasteiger charge is 2.06. The second-order valence-corrected chi connectivity index (χ2v) is 6.72. The van der Waals surface area contributed by atoms with Gasteiger partial charge in [-0.15, -0.1) is 0 Å². The molecule has 0 aliphatic carbocycles. The molecule has 2 N–H and O–H groups in total. The van der Waals surface area contributed by atoms with Gasteiger partial charge >= 0.3 is 0 Å². The van der Waals surface area contributed by atoms with Crippen molar-refractivity contribution in [2.75, 3.05) is 11.9 Å². The fourth-order valence-electron chi connectivity index (χ4n) is 2.52. The van der Waals surface area contributed by atoms with Crippen LogP contribution in [-0.2, 0) is 6.61 Å². The lowest BCUT2D eigenvalue weighted by Gasteiger charge is -2.10. The van der Waals surface area contributed by atoms with Crippen molar-refractivity contribution < 1.29 is 9.53 Å². The highest BCUT2D eigenvalue weighted by Crippen LogP contribution is 2.21. The normalized spacial score (nSPS) is 10.4. The Kier molecular flexibility index (Phi) is 6.87. The Morgan fingerprint density at radius 2 is 1.79 bits per heavy atom. The number of aromatic nitrogens is 1. The van der Waals surface area contributed by atoms with E-state index in [-0.39, 0.29) is 5.91 Å². The van der Waals surface area contributed by atoms with Gasteiger partial charge in [-0.25, -0.2) is 0 Å². The second-order valence-electron chi connectivity index (χ2n) is 6.28. The van der Waals surface area contributed by atoms with Crippen molar-refractivity contribution in [1.82, 2.24) is 10.3 Å². The van der Waals surface area contributed by atoms with Crippen molar-refractivity contribution in [3.8, 4) is 5.75 Å². The van der Waals surface area contributed by atoms with E-state index in [4.69, 9.17) is 16.3 Å². The van der Waals surface area contributed by atoms with Crippen LogP contribution in [0.25, 0.3) is 0 Å². The van der Waals surface area contributed by atoms with E-state index in [1.54, 1.807) is 18.5 Å². The third-order valence-electron chi connectivity index (χ3n) is 4.00. The third-order valence-corrected chi connectivity index (χ3v) is 4.25. The second kappa shape index (κ2) is 9.76. The number of carbonyl (C=O) groups excluding carboxylic acids is 1. The standard InChI is InChI=1S/C22H22ClN3O2/c1-2-11-25-22(27)17-12-20(14-24-13-17)26-19-7-9-21(10-8-19)28-15-16-3-5-18(23)6-4-16/h3-10,12-14,26H,2,11,15H2,1H3,(H,25,27). The van der Waals surface area contributed by atoms with Crippen LogP contribution in [-0.4, -0.2) is 17.4 Å². The molecule has 0 spiro atoms. The van der Waals surface area contributed by atoms with Crippen LogP contribution in [0.4, 0.5) is 11.4 Å². The first kappa shape index (κ1) is 19.7. The summed E-state index contributed by atoms with van der Waals surface area (Å²) >= 11 is 5.89. The number of nitrogens with one attached hydrogen (secondary N) is 2. The van der Waals surface area contributed by atoms with Crippen LogP contribution in [0.2, 0.25) is 5.02 Å². The molecule has 0 saturated heterocycles. The van der Waals surface area contributed by atoms with Crippen molar-refractivity contribution in [3.63, 3.8) is 0 Å². The summed E-state index contributed by atoms with van der Waals surface area (Å²) in [6, 6.07) is 17.0. The first-order valence-corrected chi connectivity index (χ1v) is 9.49. The number of rotatable bonds is 8. The van der Waals surface area contributed by atoms with Gasteiger partial charge in [-0.2, -0.15) is 0 Å². The molecule has 0 atom stereocenters. The first-order valence-electron chi connectivity index (χ1n) is 9.11. The van der Waals surface area contributed by atoms with Gasteiger partial charge in [0.2, 0.25) is 0 Å². The summed E-state index contributed by atoms with van der Waals surface area (Å²) in [6.07, 6.45) is 4.13. The average molecular weight is 396 g/mol. The Bertz CT molecular complexity index is 912. The molecule has 5 nitrogen and oxygen atoms in total. The highest BCUT2D eigenvalue weighted by atomic mass is 35.5. The lowest BCUT2D eigenvalue weighted by Crippen LogP contribution is -2.24. The van der Waals surface area contributed by atoms with Gasteiger partial charge in [0.1, 0.15) is 12.4 Å². The molecule has 0 bridgehead atoms. The maximum atomic E-state index is 12.1. The molecule has 0 aliphatic heterocycles. The average Bonchev–Trinajstić information content (AvgIpc) is 2.73. The first-order chi connectivity index (χ1) is 13.6. The van der Waals surface area contributed by atoms with E-state index in [0.717, 1.165) is 29.1 Å². The highest BCUT2D eigenvalue weighted by molar-refractivity contribution is 6.30. The summed E-state index contributed by atoms with van der Waals surface area (Å²) < 4.78 is 5.79. The molecule has 6 heteroatoms. The Morgan fingerprint density at radius 1 is 1.04 bits per heavy atom. The van der Waals surface area contributed by atoms with Crippen LogP contribution < -0.4 is 15.4 Å². The Balaban J connectivity index is 1.58. The number of anilines is 2. The largest absolute Gasteiger partial charge is 0.489 e. The van der Waals surface area contributed by atoms with Gasteiger partial charge in [-0.05, 0) is 54.4 Å². The molecule has 2 aromatic carbocycles. The van der Waals surface area contributed by atoms with Gasteiger partial charge in [-0.1, -0.05) is 30.7 Å². The molecular formula is C22H22ClN3O2. The van der Waals surface area contributed by atoms with E-state index < -0.39 is 0 Å². The van der Waals surface area contributed by atoms with Crippen molar-refractivity contribution in [2.24, 2.45) is 0 Å². The number of ether oxygens (including phenoxy) is 1. The molecule has 144 valence electrons. The maximum absolute atomic E-state index is 12.1. The zero-order valence-corrected chi connectivity index (χ0v) is 16.4. The van der Waals surface area contributed by atoms with E-state index in [1.165, 1.54) is 0 Å². The van der Waals surface area contributed by atoms with Crippen LogP contribution in [0.3, 0.4) is 0 Å². The zero-order chi connectivity index (χ0) is 19.8. The Labute approximate surface area is 169 Å². The molecule has 0 radical (unpaired) electrons. The van der Waals surface area contributed by atoms with Gasteiger partial charge < -0.3 is 15.4 Å². The SMILES string of the molecule is CCCNC(=O)c1cncc(Nc2ccc(OCc3ccc(Cl)cc3)cc2)c1. The zero-order valence-electron chi connectivity index (χ0n) is 15.6. The van der Waals surface area contributed by atoms with Crippen molar-refractivity contribution in [2.45, 2.75) is 20.0 Å². The van der Waals surface area contributed by atoms with Crippen LogP contribution >= 0.6 is 11.6 Å². The number of amides is 1. The molecule has 1 heterocycles. The molecule has 0 unspecified atom stereocenters. The van der Waals surface area contributed by atoms with E-state index in [0.29, 0.717) is 23.7 Å². The minimum Gasteiger partial charge on any atom is -0.489 e. The van der Waals surface area contributed by atoms with E-state index in [1.807, 2.05) is 55.5 Å². The molecule has 28 heavy (non-hydrogen) atoms. The fourth-order valence-corrected chi connectivity index (χ4v) is 2.65. The topological polar surface area (TPSA) is 63.2 Å². The number of halogens is 1. The van der Waals surface area contributed by atoms with Crippen molar-refractivity contribution in [3.05, 3.63) is 83.1 Å². The van der Waals surface area contributed by atoms with Crippen LogP contribution in [0.1, 0.15) is 29.3 Å². The number of benzene rings is 2. The predicted molar refractivity (Wildman–Crippen MR) is 112 cm³/mol. The summed E-state index contributed by atoms with van der Waals surface area (Å²) in [6.45, 7) is 3.14. The quantitative estimate of drug-likeness (QED) is 0.550. The van der Waals surface area contributed by atoms with E-state index in [9.17, 15) is 4.79 Å². The lowest BCUT2D eigenvalue weighted by atomic mass is 10.2. The monoisotopic (exact) mass is 395 g/mol. The minimum atomic E-state index is -0.121. The lowest BCUT2D eigenvalue weighted by molar-refractivity contribution is 0.0953. The number of hydrogen-bond acceptors (Lipinski definition) is 4. The van der Waals surface area contributed by atoms with Gasteiger partial charge in [0.15, 0.2) is 0 Å². The smallest absolute Gasteiger partial charge is 0.252 e. The number of pyridine rings is 1. The molecule has 0 saturated carbocycles. The number of carbonyl (C=O) groups is 1. The van der Waals surface area contributed by atoms with Crippen LogP contribution in [0.5, 0.6) is 5.75 Å². The molecular weight excluding hydrogens is 374 g/mol. The van der Waals surface area contributed by atoms with Gasteiger partial charge in [0.25, 0.3) is 5.91 Å². The molecule has 1 amide bonds.